The maximum Gasteiger partial charge on any atom is 0.509 e. The normalized spacial score (nSPS) is 35.9. The number of ether oxygens (including phenoxy) is 2. The quantitative estimate of drug-likeness (QED) is 0.689. The molecular weight excluding hydrogens is 204 g/mol. The van der Waals surface area contributed by atoms with E-state index in [-0.39, 0.29) is 6.10 Å². The summed E-state index contributed by atoms with van der Waals surface area (Å²) in [4.78, 5) is 11.2. The van der Waals surface area contributed by atoms with Crippen molar-refractivity contribution in [3.8, 4) is 0 Å². The van der Waals surface area contributed by atoms with E-state index in [2.05, 4.69) is 6.92 Å². The third kappa shape index (κ3) is 2.33. The van der Waals surface area contributed by atoms with Crippen molar-refractivity contribution in [2.45, 2.75) is 70.5 Å². The first-order valence-corrected chi connectivity index (χ1v) is 6.53. The minimum atomic E-state index is -0.481. The molecule has 0 radical (unpaired) electrons. The fourth-order valence-electron chi connectivity index (χ4n) is 2.84. The maximum absolute atomic E-state index is 11.2. The summed E-state index contributed by atoms with van der Waals surface area (Å²) < 4.78 is 10.6. The van der Waals surface area contributed by atoms with Crippen LogP contribution in [0, 0.1) is 5.92 Å². The van der Waals surface area contributed by atoms with Crippen LogP contribution in [0.5, 0.6) is 0 Å². The van der Waals surface area contributed by atoms with Crippen molar-refractivity contribution in [3.05, 3.63) is 0 Å². The molecule has 1 saturated heterocycles. The molecule has 2 fully saturated rings. The van der Waals surface area contributed by atoms with Crippen molar-refractivity contribution in [3.63, 3.8) is 0 Å². The predicted molar refractivity (Wildman–Crippen MR) is 61.2 cm³/mol. The molecule has 0 aromatic rings. The molecule has 0 spiro atoms. The standard InChI is InChI=1S/C13H22O3/c1-3-13(2)11(15-12(14)16-13)9-10-7-5-4-6-8-10/h10-11H,3-9H2,1-2H3. The molecule has 2 unspecified atom stereocenters. The lowest BCUT2D eigenvalue weighted by Gasteiger charge is -2.29. The Labute approximate surface area is 97.5 Å². The van der Waals surface area contributed by atoms with E-state index in [0.29, 0.717) is 0 Å². The molecule has 92 valence electrons. The van der Waals surface area contributed by atoms with Crippen LogP contribution in [-0.2, 0) is 9.47 Å². The van der Waals surface area contributed by atoms with Crippen LogP contribution in [0.1, 0.15) is 58.8 Å². The molecule has 1 aliphatic carbocycles. The lowest BCUT2D eigenvalue weighted by molar-refractivity contribution is 0.0290. The summed E-state index contributed by atoms with van der Waals surface area (Å²) in [5.74, 6) is 0.721. The van der Waals surface area contributed by atoms with E-state index in [1.54, 1.807) is 0 Å². The highest BCUT2D eigenvalue weighted by Gasteiger charge is 2.46. The molecular formula is C13H22O3. The van der Waals surface area contributed by atoms with Crippen LogP contribution in [0.15, 0.2) is 0 Å². The Morgan fingerprint density at radius 2 is 2.00 bits per heavy atom. The topological polar surface area (TPSA) is 35.5 Å². The van der Waals surface area contributed by atoms with Crippen molar-refractivity contribution in [2.24, 2.45) is 5.92 Å². The second-order valence-electron chi connectivity index (χ2n) is 5.36. The van der Waals surface area contributed by atoms with E-state index in [1.165, 1.54) is 32.1 Å². The van der Waals surface area contributed by atoms with Gasteiger partial charge < -0.3 is 9.47 Å². The van der Waals surface area contributed by atoms with Crippen molar-refractivity contribution < 1.29 is 14.3 Å². The fraction of sp³-hybridized carbons (Fsp3) is 0.923. The average molecular weight is 226 g/mol. The van der Waals surface area contributed by atoms with Crippen LogP contribution in [0.2, 0.25) is 0 Å². The van der Waals surface area contributed by atoms with E-state index in [1.807, 2.05) is 6.92 Å². The molecule has 3 nitrogen and oxygen atoms in total. The zero-order chi connectivity index (χ0) is 11.6. The minimum Gasteiger partial charge on any atom is -0.427 e. The third-order valence-electron chi connectivity index (χ3n) is 4.21. The first-order valence-electron chi connectivity index (χ1n) is 6.53. The van der Waals surface area contributed by atoms with Crippen molar-refractivity contribution in [1.29, 1.82) is 0 Å². The minimum absolute atomic E-state index is 0.0342. The predicted octanol–water partition coefficient (Wildman–Crippen LogP) is 3.66. The number of cyclic esters (lactones) is 2. The SMILES string of the molecule is CCC1(C)OC(=O)OC1CC1CCCCC1. The maximum atomic E-state index is 11.2. The molecule has 1 heterocycles. The average Bonchev–Trinajstić information content (AvgIpc) is 2.56. The smallest absolute Gasteiger partial charge is 0.427 e. The molecule has 1 aliphatic heterocycles. The van der Waals surface area contributed by atoms with Gasteiger partial charge in [0.15, 0.2) is 0 Å². The number of hydrogen-bond donors (Lipinski definition) is 0. The fourth-order valence-corrected chi connectivity index (χ4v) is 2.84. The molecule has 0 aromatic heterocycles. The highest BCUT2D eigenvalue weighted by atomic mass is 16.8. The molecule has 0 bridgehead atoms. The monoisotopic (exact) mass is 226 g/mol. The van der Waals surface area contributed by atoms with Gasteiger partial charge in [-0.3, -0.25) is 0 Å². The summed E-state index contributed by atoms with van der Waals surface area (Å²) >= 11 is 0. The molecule has 0 N–H and O–H groups in total. The molecule has 0 amide bonds. The van der Waals surface area contributed by atoms with Gasteiger partial charge in [-0.15, -0.1) is 0 Å². The van der Waals surface area contributed by atoms with E-state index in [9.17, 15) is 4.79 Å². The van der Waals surface area contributed by atoms with Crippen LogP contribution in [-0.4, -0.2) is 17.9 Å². The number of hydrogen-bond acceptors (Lipinski definition) is 3. The summed E-state index contributed by atoms with van der Waals surface area (Å²) in [7, 11) is 0. The molecule has 2 aliphatic rings. The van der Waals surface area contributed by atoms with Gasteiger partial charge in [-0.1, -0.05) is 39.0 Å². The van der Waals surface area contributed by atoms with Gasteiger partial charge in [0, 0.05) is 0 Å². The van der Waals surface area contributed by atoms with E-state index >= 15 is 0 Å². The molecule has 2 rings (SSSR count). The Morgan fingerprint density at radius 3 is 2.62 bits per heavy atom. The zero-order valence-electron chi connectivity index (χ0n) is 10.3. The zero-order valence-corrected chi connectivity index (χ0v) is 10.3. The van der Waals surface area contributed by atoms with Gasteiger partial charge in [0.1, 0.15) is 11.7 Å². The highest BCUT2D eigenvalue weighted by Crippen LogP contribution is 2.37. The lowest BCUT2D eigenvalue weighted by Crippen LogP contribution is -2.37. The summed E-state index contributed by atoms with van der Waals surface area (Å²) in [6, 6.07) is 0. The molecule has 0 aromatic carbocycles. The molecule has 16 heavy (non-hydrogen) atoms. The van der Waals surface area contributed by atoms with E-state index < -0.39 is 11.8 Å². The first-order chi connectivity index (χ1) is 7.64. The number of carbonyl (C=O) groups is 1. The van der Waals surface area contributed by atoms with Gasteiger partial charge in [-0.25, -0.2) is 4.79 Å². The summed E-state index contributed by atoms with van der Waals surface area (Å²) in [6.07, 6.45) is 7.89. The van der Waals surface area contributed by atoms with Gasteiger partial charge in [0.25, 0.3) is 0 Å². The number of carbonyl (C=O) groups excluding carboxylic acids is 1. The summed E-state index contributed by atoms with van der Waals surface area (Å²) in [5, 5.41) is 0. The van der Waals surface area contributed by atoms with Gasteiger partial charge in [0.2, 0.25) is 0 Å². The van der Waals surface area contributed by atoms with Crippen molar-refractivity contribution in [1.82, 2.24) is 0 Å². The first kappa shape index (κ1) is 11.7. The summed E-state index contributed by atoms with van der Waals surface area (Å²) in [5.41, 5.74) is -0.394. The Balaban J connectivity index is 1.94. The third-order valence-corrected chi connectivity index (χ3v) is 4.21. The molecule has 2 atom stereocenters. The van der Waals surface area contributed by atoms with Crippen LogP contribution in [0.4, 0.5) is 4.79 Å². The van der Waals surface area contributed by atoms with E-state index in [0.717, 1.165) is 18.8 Å². The van der Waals surface area contributed by atoms with Crippen LogP contribution >= 0.6 is 0 Å². The number of rotatable bonds is 3. The second-order valence-corrected chi connectivity index (χ2v) is 5.36. The van der Waals surface area contributed by atoms with Gasteiger partial charge >= 0.3 is 6.16 Å². The Bertz CT molecular complexity index is 258. The van der Waals surface area contributed by atoms with Gasteiger partial charge in [-0.05, 0) is 25.7 Å². The molecule has 1 saturated carbocycles. The van der Waals surface area contributed by atoms with Crippen LogP contribution in [0.25, 0.3) is 0 Å². The Morgan fingerprint density at radius 1 is 1.31 bits per heavy atom. The Hall–Kier alpha value is -0.730. The van der Waals surface area contributed by atoms with Crippen LogP contribution < -0.4 is 0 Å². The van der Waals surface area contributed by atoms with Crippen molar-refractivity contribution in [2.75, 3.05) is 0 Å². The van der Waals surface area contributed by atoms with Gasteiger partial charge in [-0.2, -0.15) is 0 Å². The van der Waals surface area contributed by atoms with Crippen molar-refractivity contribution >= 4 is 6.16 Å². The second kappa shape index (κ2) is 4.64. The molecule has 3 heteroatoms. The van der Waals surface area contributed by atoms with E-state index in [4.69, 9.17) is 9.47 Å². The van der Waals surface area contributed by atoms with Gasteiger partial charge in [0.05, 0.1) is 0 Å². The summed E-state index contributed by atoms with van der Waals surface area (Å²) in [6.45, 7) is 4.04. The Kier molecular flexibility index (Phi) is 3.41. The highest BCUT2D eigenvalue weighted by molar-refractivity contribution is 5.63. The van der Waals surface area contributed by atoms with Crippen LogP contribution in [0.3, 0.4) is 0 Å². The lowest BCUT2D eigenvalue weighted by atomic mass is 9.81. The largest absolute Gasteiger partial charge is 0.509 e.